The van der Waals surface area contributed by atoms with Gasteiger partial charge in [-0.15, -0.1) is 0 Å². The first-order valence-corrected chi connectivity index (χ1v) is 20.3. The van der Waals surface area contributed by atoms with E-state index in [0.29, 0.717) is 0 Å². The van der Waals surface area contributed by atoms with Gasteiger partial charge in [-0.2, -0.15) is 0 Å². The lowest BCUT2D eigenvalue weighted by molar-refractivity contribution is 0.660. The van der Waals surface area contributed by atoms with Gasteiger partial charge >= 0.3 is 0 Å². The van der Waals surface area contributed by atoms with E-state index in [1.807, 2.05) is 0 Å². The van der Waals surface area contributed by atoms with Gasteiger partial charge in [0.2, 0.25) is 0 Å². The number of hydrogen-bond donors (Lipinski definition) is 2. The molecule has 2 aliphatic carbocycles. The van der Waals surface area contributed by atoms with E-state index in [-0.39, 0.29) is 10.8 Å². The fourth-order valence-electron chi connectivity index (χ4n) is 10.3. The molecular weight excluding hydrogens is 701 g/mol. The summed E-state index contributed by atoms with van der Waals surface area (Å²) in [6.07, 6.45) is 1.56. The van der Waals surface area contributed by atoms with Gasteiger partial charge in [0.15, 0.2) is 0 Å². The lowest BCUT2D eigenvalue weighted by Gasteiger charge is -2.28. The van der Waals surface area contributed by atoms with Gasteiger partial charge in [-0.05, 0) is 114 Å². The highest BCUT2D eigenvalue weighted by atomic mass is 14.9. The van der Waals surface area contributed by atoms with Gasteiger partial charge in [-0.1, -0.05) is 178 Å². The molecule has 9 aromatic carbocycles. The predicted octanol–water partition coefficient (Wildman–Crippen LogP) is 14.7. The van der Waals surface area contributed by atoms with Crippen molar-refractivity contribution in [3.63, 3.8) is 0 Å². The summed E-state index contributed by atoms with van der Waals surface area (Å²) in [6.45, 7) is 6.99. The quantitative estimate of drug-likeness (QED) is 0.164. The third kappa shape index (κ3) is 4.88. The monoisotopic (exact) mass is 742 g/mol. The molecule has 2 N–H and O–H groups in total. The van der Waals surface area contributed by atoms with Crippen LogP contribution in [0.3, 0.4) is 0 Å². The molecule has 11 rings (SSSR count). The third-order valence-electron chi connectivity index (χ3n) is 13.2. The topological polar surface area (TPSA) is 35.9 Å². The first-order valence-electron chi connectivity index (χ1n) is 20.3. The van der Waals surface area contributed by atoms with Gasteiger partial charge in [0.25, 0.3) is 0 Å². The van der Waals surface area contributed by atoms with E-state index in [4.69, 9.17) is 5.41 Å². The Balaban J connectivity index is 0.925. The summed E-state index contributed by atoms with van der Waals surface area (Å²) in [6, 6.07) is 66.4. The maximum Gasteiger partial charge on any atom is 0.0556 e. The Hall–Kier alpha value is -7.03. The van der Waals surface area contributed by atoms with E-state index < -0.39 is 0 Å². The van der Waals surface area contributed by atoms with Crippen LogP contribution in [0.2, 0.25) is 0 Å². The fourth-order valence-corrected chi connectivity index (χ4v) is 10.3. The Morgan fingerprint density at radius 1 is 0.466 bits per heavy atom. The van der Waals surface area contributed by atoms with Crippen LogP contribution in [0.5, 0.6) is 0 Å². The van der Waals surface area contributed by atoms with Gasteiger partial charge in [0.1, 0.15) is 0 Å². The summed E-state index contributed by atoms with van der Waals surface area (Å²) in [5.74, 6) is 0. The second-order valence-corrected chi connectivity index (χ2v) is 16.6. The van der Waals surface area contributed by atoms with Gasteiger partial charge < -0.3 is 10.7 Å². The molecule has 0 aromatic heterocycles. The van der Waals surface area contributed by atoms with E-state index in [9.17, 15) is 0 Å². The first kappa shape index (κ1) is 34.2. The second-order valence-electron chi connectivity index (χ2n) is 16.6. The molecule has 0 saturated carbocycles. The zero-order chi connectivity index (χ0) is 39.2. The average molecular weight is 743 g/mol. The van der Waals surface area contributed by atoms with Gasteiger partial charge in [-0.25, -0.2) is 0 Å². The Morgan fingerprint density at radius 3 is 1.79 bits per heavy atom. The van der Waals surface area contributed by atoms with Gasteiger partial charge in [-0.3, -0.25) is 0 Å². The molecule has 0 fully saturated rings. The van der Waals surface area contributed by atoms with E-state index in [1.165, 1.54) is 82.9 Å². The summed E-state index contributed by atoms with van der Waals surface area (Å²) in [5, 5.41) is 17.5. The van der Waals surface area contributed by atoms with E-state index in [1.54, 1.807) is 6.21 Å². The van der Waals surface area contributed by atoms with Crippen LogP contribution in [0.15, 0.2) is 182 Å². The molecule has 0 aliphatic heterocycles. The standard InChI is InChI=1S/C56H42N2/c1-55(2)49-32-28-38-13-7-8-16-42(38)51(49)52-45-18-9-10-19-46(45)54(47(34-57)53(52)55)58-41-29-25-36(26-30-41)35-21-23-37(24-22-35)39-27-31-44-43-17-11-12-20-48(43)56(3,50(44)33-39)40-14-5-4-6-15-40/h4-34,57-58H,1-3H3. The number of anilines is 2. The predicted molar refractivity (Wildman–Crippen MR) is 245 cm³/mol. The van der Waals surface area contributed by atoms with Gasteiger partial charge in [0, 0.05) is 33.7 Å². The summed E-state index contributed by atoms with van der Waals surface area (Å²) < 4.78 is 0. The van der Waals surface area contributed by atoms with Crippen LogP contribution in [0.25, 0.3) is 66.1 Å². The number of rotatable bonds is 6. The van der Waals surface area contributed by atoms with Crippen LogP contribution < -0.4 is 5.32 Å². The minimum Gasteiger partial charge on any atom is -0.354 e. The largest absolute Gasteiger partial charge is 0.354 e. The average Bonchev–Trinajstić information content (AvgIpc) is 3.68. The van der Waals surface area contributed by atoms with Crippen LogP contribution >= 0.6 is 0 Å². The molecule has 2 heteroatoms. The molecule has 1 atom stereocenters. The summed E-state index contributed by atoms with van der Waals surface area (Å²) in [7, 11) is 0. The van der Waals surface area contributed by atoms with Crippen LogP contribution in [0, 0.1) is 5.41 Å². The Morgan fingerprint density at radius 2 is 1.05 bits per heavy atom. The summed E-state index contributed by atoms with van der Waals surface area (Å²) in [5.41, 5.74) is 18.9. The van der Waals surface area contributed by atoms with Crippen LogP contribution in [-0.2, 0) is 10.8 Å². The summed E-state index contributed by atoms with van der Waals surface area (Å²) in [4.78, 5) is 0. The SMILES string of the molecule is CC1(C)c2ccc3ccccc3c2-c2c1c(C=N)c(Nc1ccc(-c3ccc(-c4ccc5c(c4)C(C)(c4ccccc4)c4ccccc4-5)cc3)cc1)c1ccccc21. The number of benzene rings is 9. The van der Waals surface area contributed by atoms with Crippen LogP contribution in [-0.4, -0.2) is 6.21 Å². The highest BCUT2D eigenvalue weighted by Gasteiger charge is 2.42. The zero-order valence-corrected chi connectivity index (χ0v) is 32.9. The smallest absolute Gasteiger partial charge is 0.0556 e. The van der Waals surface area contributed by atoms with Gasteiger partial charge in [0.05, 0.1) is 5.69 Å². The number of fused-ring (bicyclic) bond motifs is 10. The highest BCUT2D eigenvalue weighted by molar-refractivity contribution is 6.18. The van der Waals surface area contributed by atoms with Crippen molar-refractivity contribution in [3.05, 3.63) is 215 Å². The minimum absolute atomic E-state index is 0.222. The molecule has 0 bridgehead atoms. The second kappa shape index (κ2) is 12.7. The highest BCUT2D eigenvalue weighted by Crippen LogP contribution is 2.57. The normalized spacial score (nSPS) is 15.8. The maximum atomic E-state index is 8.83. The zero-order valence-electron chi connectivity index (χ0n) is 32.9. The first-order chi connectivity index (χ1) is 28.4. The van der Waals surface area contributed by atoms with Crippen molar-refractivity contribution < 1.29 is 0 Å². The van der Waals surface area contributed by atoms with Crippen molar-refractivity contribution >= 4 is 39.1 Å². The van der Waals surface area contributed by atoms with Crippen molar-refractivity contribution in [1.29, 1.82) is 5.41 Å². The van der Waals surface area contributed by atoms with Crippen molar-refractivity contribution in [2.45, 2.75) is 31.6 Å². The fraction of sp³-hybridized carbons (Fsp3) is 0.0893. The van der Waals surface area contributed by atoms with Crippen LogP contribution in [0.1, 0.15) is 54.2 Å². The van der Waals surface area contributed by atoms with Crippen molar-refractivity contribution in [1.82, 2.24) is 0 Å². The molecule has 2 nitrogen and oxygen atoms in total. The molecule has 1 unspecified atom stereocenters. The molecule has 58 heavy (non-hydrogen) atoms. The van der Waals surface area contributed by atoms with E-state index >= 15 is 0 Å². The molecule has 0 spiro atoms. The van der Waals surface area contributed by atoms with Crippen molar-refractivity contribution in [3.8, 4) is 44.5 Å². The third-order valence-corrected chi connectivity index (χ3v) is 13.2. The molecule has 276 valence electrons. The molecule has 0 radical (unpaired) electrons. The molecule has 0 amide bonds. The maximum absolute atomic E-state index is 8.83. The molecule has 0 heterocycles. The lowest BCUT2D eigenvalue weighted by Crippen LogP contribution is -2.22. The summed E-state index contributed by atoms with van der Waals surface area (Å²) >= 11 is 0. The molecule has 0 saturated heterocycles. The Bertz CT molecular complexity index is 3120. The minimum atomic E-state index is -0.273. The van der Waals surface area contributed by atoms with Crippen molar-refractivity contribution in [2.24, 2.45) is 0 Å². The molecule has 2 aliphatic rings. The molecule has 9 aromatic rings. The lowest BCUT2D eigenvalue weighted by atomic mass is 9.74. The van der Waals surface area contributed by atoms with E-state index in [0.717, 1.165) is 27.9 Å². The number of hydrogen-bond acceptors (Lipinski definition) is 2. The number of nitrogens with one attached hydrogen (secondary N) is 2. The Labute approximate surface area is 340 Å². The van der Waals surface area contributed by atoms with Crippen molar-refractivity contribution in [2.75, 3.05) is 5.32 Å². The van der Waals surface area contributed by atoms with E-state index in [2.05, 4.69) is 208 Å². The molecular formula is C56H42N2. The Kier molecular flexibility index (Phi) is 7.52. The van der Waals surface area contributed by atoms with Crippen LogP contribution in [0.4, 0.5) is 11.4 Å².